The SMILES string of the molecule is C[C@@H](C(=O)NC(C)(C)CC(C)(C)C)N(c1cccc(Cl)c1)S(C)(=O)=O. The average Bonchev–Trinajstić information content (AvgIpc) is 2.33. The second kappa shape index (κ2) is 7.54. The van der Waals surface area contributed by atoms with Gasteiger partial charge >= 0.3 is 0 Å². The normalized spacial score (nSPS) is 14.1. The first-order valence-corrected chi connectivity index (χ1v) is 10.4. The van der Waals surface area contributed by atoms with Crippen LogP contribution in [0.3, 0.4) is 0 Å². The van der Waals surface area contributed by atoms with Gasteiger partial charge in [-0.1, -0.05) is 38.4 Å². The number of carbonyl (C=O) groups excluding carboxylic acids is 1. The van der Waals surface area contributed by atoms with Gasteiger partial charge in [0.15, 0.2) is 0 Å². The molecule has 0 spiro atoms. The second-order valence-electron chi connectivity index (χ2n) is 8.33. The molecule has 1 N–H and O–H groups in total. The predicted octanol–water partition coefficient (Wildman–Crippen LogP) is 3.83. The lowest BCUT2D eigenvalue weighted by molar-refractivity contribution is -0.123. The van der Waals surface area contributed by atoms with Crippen molar-refractivity contribution in [2.75, 3.05) is 10.6 Å². The molecule has 0 aliphatic carbocycles. The number of hydrogen-bond acceptors (Lipinski definition) is 3. The molecule has 0 unspecified atom stereocenters. The number of carbonyl (C=O) groups is 1. The number of sulfonamides is 1. The van der Waals surface area contributed by atoms with Gasteiger partial charge in [0.2, 0.25) is 15.9 Å². The van der Waals surface area contributed by atoms with Gasteiger partial charge in [-0.2, -0.15) is 0 Å². The first-order valence-electron chi connectivity index (χ1n) is 8.19. The number of nitrogens with one attached hydrogen (secondary N) is 1. The van der Waals surface area contributed by atoms with Crippen LogP contribution in [0.2, 0.25) is 5.02 Å². The molecule has 1 atom stereocenters. The number of amides is 1. The molecule has 1 aromatic carbocycles. The summed E-state index contributed by atoms with van der Waals surface area (Å²) in [6, 6.07) is 5.57. The molecule has 7 heteroatoms. The van der Waals surface area contributed by atoms with E-state index in [0.717, 1.165) is 17.0 Å². The van der Waals surface area contributed by atoms with Crippen LogP contribution in [0.25, 0.3) is 0 Å². The van der Waals surface area contributed by atoms with E-state index in [4.69, 9.17) is 11.6 Å². The van der Waals surface area contributed by atoms with E-state index in [9.17, 15) is 13.2 Å². The lowest BCUT2D eigenvalue weighted by atomic mass is 9.81. The summed E-state index contributed by atoms with van der Waals surface area (Å²) in [6.07, 6.45) is 1.84. The minimum Gasteiger partial charge on any atom is -0.349 e. The molecule has 1 amide bonds. The number of halogens is 1. The maximum absolute atomic E-state index is 12.7. The Morgan fingerprint density at radius 2 is 1.80 bits per heavy atom. The zero-order valence-corrected chi connectivity index (χ0v) is 17.6. The van der Waals surface area contributed by atoms with Crippen LogP contribution in [0.5, 0.6) is 0 Å². The van der Waals surface area contributed by atoms with Gasteiger partial charge in [0, 0.05) is 10.6 Å². The number of hydrogen-bond donors (Lipinski definition) is 1. The van der Waals surface area contributed by atoms with Gasteiger partial charge in [-0.3, -0.25) is 9.10 Å². The molecule has 142 valence electrons. The quantitative estimate of drug-likeness (QED) is 0.805. The van der Waals surface area contributed by atoms with Gasteiger partial charge in [-0.15, -0.1) is 0 Å². The second-order valence-corrected chi connectivity index (χ2v) is 10.6. The maximum Gasteiger partial charge on any atom is 0.244 e. The van der Waals surface area contributed by atoms with E-state index < -0.39 is 21.6 Å². The summed E-state index contributed by atoms with van der Waals surface area (Å²) in [5.74, 6) is -0.348. The van der Waals surface area contributed by atoms with Crippen molar-refractivity contribution in [3.63, 3.8) is 0 Å². The molecular formula is C18H29ClN2O3S. The molecule has 0 heterocycles. The third-order valence-corrected chi connectivity index (χ3v) is 5.06. The monoisotopic (exact) mass is 388 g/mol. The van der Waals surface area contributed by atoms with Crippen LogP contribution in [0, 0.1) is 5.41 Å². The van der Waals surface area contributed by atoms with E-state index in [1.54, 1.807) is 25.1 Å². The third-order valence-electron chi connectivity index (χ3n) is 3.59. The molecule has 0 saturated carbocycles. The van der Waals surface area contributed by atoms with Crippen LogP contribution in [0.15, 0.2) is 24.3 Å². The summed E-state index contributed by atoms with van der Waals surface area (Å²) >= 11 is 5.98. The lowest BCUT2D eigenvalue weighted by Gasteiger charge is -2.36. The standard InChI is InChI=1S/C18H29ClN2O3S/c1-13(16(22)20-18(5,6)12-17(2,3)4)21(25(7,23)24)15-10-8-9-14(19)11-15/h8-11,13H,12H2,1-7H3,(H,20,22)/t13-/m0/s1. The summed E-state index contributed by atoms with van der Waals surface area (Å²) in [4.78, 5) is 12.7. The molecule has 0 aromatic heterocycles. The summed E-state index contributed by atoms with van der Waals surface area (Å²) < 4.78 is 25.7. The van der Waals surface area contributed by atoms with Gasteiger partial charge < -0.3 is 5.32 Å². The van der Waals surface area contributed by atoms with E-state index in [2.05, 4.69) is 26.1 Å². The highest BCUT2D eigenvalue weighted by molar-refractivity contribution is 7.92. The van der Waals surface area contributed by atoms with Gasteiger partial charge in [-0.25, -0.2) is 8.42 Å². The Bertz CT molecular complexity index is 724. The Morgan fingerprint density at radius 1 is 1.24 bits per heavy atom. The first kappa shape index (κ1) is 21.8. The fourth-order valence-electron chi connectivity index (χ4n) is 3.23. The van der Waals surface area contributed by atoms with Crippen molar-refractivity contribution in [2.45, 2.75) is 59.5 Å². The van der Waals surface area contributed by atoms with Crippen molar-refractivity contribution >= 4 is 33.2 Å². The fraction of sp³-hybridized carbons (Fsp3) is 0.611. The summed E-state index contributed by atoms with van der Waals surface area (Å²) in [5, 5.41) is 3.38. The average molecular weight is 389 g/mol. The van der Waals surface area contributed by atoms with Crippen molar-refractivity contribution < 1.29 is 13.2 Å². The van der Waals surface area contributed by atoms with Gasteiger partial charge in [0.25, 0.3) is 0 Å². The van der Waals surface area contributed by atoms with E-state index >= 15 is 0 Å². The molecule has 0 fully saturated rings. The Morgan fingerprint density at radius 3 is 2.24 bits per heavy atom. The Hall–Kier alpha value is -1.27. The maximum atomic E-state index is 12.7. The molecular weight excluding hydrogens is 360 g/mol. The molecule has 1 aromatic rings. The van der Waals surface area contributed by atoms with Gasteiger partial charge in [0.1, 0.15) is 6.04 Å². The topological polar surface area (TPSA) is 66.5 Å². The minimum atomic E-state index is -3.66. The Kier molecular flexibility index (Phi) is 6.57. The summed E-state index contributed by atoms with van der Waals surface area (Å²) in [5.41, 5.74) is -0.0591. The van der Waals surface area contributed by atoms with Gasteiger partial charge in [-0.05, 0) is 50.8 Å². The molecule has 0 bridgehead atoms. The Labute approximate surface area is 156 Å². The Balaban J connectivity index is 3.10. The molecule has 0 aliphatic heterocycles. The number of rotatable bonds is 6. The zero-order chi connectivity index (χ0) is 19.6. The van der Waals surface area contributed by atoms with Gasteiger partial charge in [0.05, 0.1) is 11.9 Å². The van der Waals surface area contributed by atoms with Crippen LogP contribution < -0.4 is 9.62 Å². The highest BCUT2D eigenvalue weighted by Crippen LogP contribution is 2.28. The minimum absolute atomic E-state index is 0.0312. The largest absolute Gasteiger partial charge is 0.349 e. The molecule has 0 aliphatic rings. The molecule has 25 heavy (non-hydrogen) atoms. The third kappa shape index (κ3) is 6.86. The zero-order valence-electron chi connectivity index (χ0n) is 16.1. The first-order chi connectivity index (χ1) is 11.1. The van der Waals surface area contributed by atoms with Crippen LogP contribution in [-0.4, -0.2) is 32.2 Å². The number of benzene rings is 1. The van der Waals surface area contributed by atoms with Crippen LogP contribution in [-0.2, 0) is 14.8 Å². The van der Waals surface area contributed by atoms with Crippen molar-refractivity contribution in [3.05, 3.63) is 29.3 Å². The van der Waals surface area contributed by atoms with E-state index in [-0.39, 0.29) is 11.3 Å². The predicted molar refractivity (Wildman–Crippen MR) is 105 cm³/mol. The van der Waals surface area contributed by atoms with E-state index in [1.165, 1.54) is 6.07 Å². The van der Waals surface area contributed by atoms with Crippen LogP contribution in [0.1, 0.15) is 48.0 Å². The smallest absolute Gasteiger partial charge is 0.244 e. The van der Waals surface area contributed by atoms with Crippen LogP contribution >= 0.6 is 11.6 Å². The van der Waals surface area contributed by atoms with Crippen molar-refractivity contribution in [1.29, 1.82) is 0 Å². The number of nitrogens with zero attached hydrogens (tertiary/aromatic N) is 1. The highest BCUT2D eigenvalue weighted by Gasteiger charge is 2.33. The highest BCUT2D eigenvalue weighted by atomic mass is 35.5. The van der Waals surface area contributed by atoms with Crippen LogP contribution in [0.4, 0.5) is 5.69 Å². The molecule has 0 saturated heterocycles. The van der Waals surface area contributed by atoms with Crippen molar-refractivity contribution in [1.82, 2.24) is 5.32 Å². The number of anilines is 1. The molecule has 5 nitrogen and oxygen atoms in total. The van der Waals surface area contributed by atoms with E-state index in [0.29, 0.717) is 10.7 Å². The fourth-order valence-corrected chi connectivity index (χ4v) is 4.58. The molecule has 0 radical (unpaired) electrons. The summed E-state index contributed by atoms with van der Waals surface area (Å²) in [6.45, 7) is 11.7. The molecule has 1 rings (SSSR count). The summed E-state index contributed by atoms with van der Waals surface area (Å²) in [7, 11) is -3.66. The van der Waals surface area contributed by atoms with Crippen molar-refractivity contribution in [2.24, 2.45) is 5.41 Å². The van der Waals surface area contributed by atoms with Crippen molar-refractivity contribution in [3.8, 4) is 0 Å². The van der Waals surface area contributed by atoms with E-state index in [1.807, 2.05) is 13.8 Å². The lowest BCUT2D eigenvalue weighted by Crippen LogP contribution is -2.54.